The highest BCUT2D eigenvalue weighted by Gasteiger charge is 2.27. The standard InChI is InChI=1S/C15H17N3O2/c1-10-9-12(17(2)16-10)15(20)18-8-4-6-11-5-3-7-13(19)14(11)18/h3,5,7,9,19H,4,6,8H2,1-2H3. The molecule has 0 spiro atoms. The Morgan fingerprint density at radius 1 is 1.40 bits per heavy atom. The largest absolute Gasteiger partial charge is 0.506 e. The van der Waals surface area contributed by atoms with Crippen molar-refractivity contribution in [3.63, 3.8) is 0 Å². The van der Waals surface area contributed by atoms with E-state index in [1.807, 2.05) is 19.1 Å². The first-order valence-electron chi connectivity index (χ1n) is 6.71. The lowest BCUT2D eigenvalue weighted by Crippen LogP contribution is -2.36. The molecule has 104 valence electrons. The number of aromatic hydroxyl groups is 1. The van der Waals surface area contributed by atoms with E-state index in [0.717, 1.165) is 24.1 Å². The smallest absolute Gasteiger partial charge is 0.276 e. The van der Waals surface area contributed by atoms with Gasteiger partial charge in [0.15, 0.2) is 0 Å². The van der Waals surface area contributed by atoms with Gasteiger partial charge in [-0.15, -0.1) is 0 Å². The summed E-state index contributed by atoms with van der Waals surface area (Å²) >= 11 is 0. The molecule has 2 heterocycles. The number of carbonyl (C=O) groups excluding carboxylic acids is 1. The van der Waals surface area contributed by atoms with E-state index in [2.05, 4.69) is 5.10 Å². The van der Waals surface area contributed by atoms with Crippen molar-refractivity contribution in [1.29, 1.82) is 0 Å². The molecular weight excluding hydrogens is 254 g/mol. The SMILES string of the molecule is Cc1cc(C(=O)N2CCCc3cccc(O)c32)n(C)n1. The second-order valence-electron chi connectivity index (χ2n) is 5.14. The van der Waals surface area contributed by atoms with Crippen LogP contribution in [0.5, 0.6) is 5.75 Å². The summed E-state index contributed by atoms with van der Waals surface area (Å²) in [6.07, 6.45) is 1.79. The van der Waals surface area contributed by atoms with Crippen LogP contribution in [0.3, 0.4) is 0 Å². The summed E-state index contributed by atoms with van der Waals surface area (Å²) in [6.45, 7) is 2.48. The van der Waals surface area contributed by atoms with E-state index in [1.54, 1.807) is 28.8 Å². The van der Waals surface area contributed by atoms with Crippen molar-refractivity contribution in [3.05, 3.63) is 41.2 Å². The Hall–Kier alpha value is -2.30. The molecule has 0 radical (unpaired) electrons. The monoisotopic (exact) mass is 271 g/mol. The van der Waals surface area contributed by atoms with Gasteiger partial charge in [-0.2, -0.15) is 5.10 Å². The van der Waals surface area contributed by atoms with Crippen molar-refractivity contribution in [2.24, 2.45) is 7.05 Å². The van der Waals surface area contributed by atoms with Crippen LogP contribution in [-0.2, 0) is 13.5 Å². The molecule has 1 aliphatic rings. The summed E-state index contributed by atoms with van der Waals surface area (Å²) in [5, 5.41) is 14.3. The maximum Gasteiger partial charge on any atom is 0.276 e. The molecule has 1 amide bonds. The summed E-state index contributed by atoms with van der Waals surface area (Å²) < 4.78 is 1.59. The van der Waals surface area contributed by atoms with Crippen LogP contribution >= 0.6 is 0 Å². The molecule has 5 nitrogen and oxygen atoms in total. The lowest BCUT2D eigenvalue weighted by Gasteiger charge is -2.30. The summed E-state index contributed by atoms with van der Waals surface area (Å²) in [5.74, 6) is 0.0463. The Bertz CT molecular complexity index is 676. The zero-order valence-electron chi connectivity index (χ0n) is 11.6. The van der Waals surface area contributed by atoms with E-state index < -0.39 is 0 Å². The third-order valence-electron chi connectivity index (χ3n) is 3.66. The normalized spacial score (nSPS) is 14.2. The van der Waals surface area contributed by atoms with E-state index in [4.69, 9.17) is 0 Å². The molecule has 0 saturated carbocycles. The number of hydrogen-bond acceptors (Lipinski definition) is 3. The molecule has 0 unspecified atom stereocenters. The second kappa shape index (κ2) is 4.67. The van der Waals surface area contributed by atoms with Gasteiger partial charge >= 0.3 is 0 Å². The van der Waals surface area contributed by atoms with Gasteiger partial charge in [0.1, 0.15) is 11.4 Å². The first kappa shape index (κ1) is 12.7. The maximum atomic E-state index is 12.7. The quantitative estimate of drug-likeness (QED) is 0.863. The van der Waals surface area contributed by atoms with Crippen molar-refractivity contribution >= 4 is 11.6 Å². The van der Waals surface area contributed by atoms with Gasteiger partial charge in [0.05, 0.1) is 11.4 Å². The molecular formula is C15H17N3O2. The second-order valence-corrected chi connectivity index (χ2v) is 5.14. The third-order valence-corrected chi connectivity index (χ3v) is 3.66. The van der Waals surface area contributed by atoms with Crippen LogP contribution in [-0.4, -0.2) is 27.3 Å². The average Bonchev–Trinajstić information content (AvgIpc) is 2.77. The van der Waals surface area contributed by atoms with E-state index >= 15 is 0 Å². The number of aromatic nitrogens is 2. The molecule has 1 N–H and O–H groups in total. The van der Waals surface area contributed by atoms with Crippen LogP contribution in [0.2, 0.25) is 0 Å². The van der Waals surface area contributed by atoms with Gasteiger partial charge in [0, 0.05) is 13.6 Å². The minimum absolute atomic E-state index is 0.115. The number of amides is 1. The Morgan fingerprint density at radius 2 is 2.20 bits per heavy atom. The number of phenolic OH excluding ortho intramolecular Hbond substituents is 1. The predicted octanol–water partition coefficient (Wildman–Crippen LogP) is 2.03. The van der Waals surface area contributed by atoms with Gasteiger partial charge in [0.2, 0.25) is 0 Å². The molecule has 20 heavy (non-hydrogen) atoms. The van der Waals surface area contributed by atoms with Crippen molar-refractivity contribution in [2.75, 3.05) is 11.4 Å². The lowest BCUT2D eigenvalue weighted by atomic mass is 10.0. The minimum Gasteiger partial charge on any atom is -0.506 e. The first-order chi connectivity index (χ1) is 9.58. The Morgan fingerprint density at radius 3 is 2.90 bits per heavy atom. The molecule has 1 aromatic heterocycles. The molecule has 0 aliphatic carbocycles. The third kappa shape index (κ3) is 1.95. The fourth-order valence-electron chi connectivity index (χ4n) is 2.78. The maximum absolute atomic E-state index is 12.7. The van der Waals surface area contributed by atoms with E-state index in [-0.39, 0.29) is 11.7 Å². The highest BCUT2D eigenvalue weighted by molar-refractivity contribution is 6.06. The molecule has 0 atom stereocenters. The predicted molar refractivity (Wildman–Crippen MR) is 76.0 cm³/mol. The van der Waals surface area contributed by atoms with Crippen LogP contribution in [0.1, 0.15) is 28.2 Å². The van der Waals surface area contributed by atoms with Gasteiger partial charge in [-0.05, 0) is 37.5 Å². The van der Waals surface area contributed by atoms with E-state index in [0.29, 0.717) is 17.9 Å². The number of rotatable bonds is 1. The van der Waals surface area contributed by atoms with E-state index in [9.17, 15) is 9.90 Å². The van der Waals surface area contributed by atoms with Crippen LogP contribution in [0.15, 0.2) is 24.3 Å². The van der Waals surface area contributed by atoms with Crippen molar-refractivity contribution in [3.8, 4) is 5.75 Å². The number of anilines is 1. The molecule has 1 aliphatic heterocycles. The van der Waals surface area contributed by atoms with Gasteiger partial charge < -0.3 is 10.0 Å². The first-order valence-corrected chi connectivity index (χ1v) is 6.71. The molecule has 0 saturated heterocycles. The molecule has 3 rings (SSSR count). The average molecular weight is 271 g/mol. The summed E-state index contributed by atoms with van der Waals surface area (Å²) in [7, 11) is 1.76. The number of benzene rings is 1. The molecule has 1 aromatic carbocycles. The zero-order chi connectivity index (χ0) is 14.3. The van der Waals surface area contributed by atoms with Crippen LogP contribution in [0.4, 0.5) is 5.69 Å². The Balaban J connectivity index is 2.05. The zero-order valence-corrected chi connectivity index (χ0v) is 11.6. The van der Waals surface area contributed by atoms with Crippen molar-refractivity contribution < 1.29 is 9.90 Å². The fourth-order valence-corrected chi connectivity index (χ4v) is 2.78. The van der Waals surface area contributed by atoms with Crippen LogP contribution in [0.25, 0.3) is 0 Å². The van der Waals surface area contributed by atoms with Crippen LogP contribution < -0.4 is 4.90 Å². The van der Waals surface area contributed by atoms with Crippen molar-refractivity contribution in [1.82, 2.24) is 9.78 Å². The van der Waals surface area contributed by atoms with Crippen molar-refractivity contribution in [2.45, 2.75) is 19.8 Å². The van der Waals surface area contributed by atoms with Gasteiger partial charge in [-0.1, -0.05) is 12.1 Å². The highest BCUT2D eigenvalue weighted by Crippen LogP contribution is 2.36. The van der Waals surface area contributed by atoms with Crippen LogP contribution in [0, 0.1) is 6.92 Å². The Kier molecular flexibility index (Phi) is 2.97. The van der Waals surface area contributed by atoms with Gasteiger partial charge in [-0.25, -0.2) is 0 Å². The topological polar surface area (TPSA) is 58.4 Å². The number of hydrogen-bond donors (Lipinski definition) is 1. The number of phenols is 1. The lowest BCUT2D eigenvalue weighted by molar-refractivity contribution is 0.0975. The molecule has 0 bridgehead atoms. The molecule has 5 heteroatoms. The van der Waals surface area contributed by atoms with Gasteiger partial charge in [0.25, 0.3) is 5.91 Å². The number of para-hydroxylation sites is 1. The minimum atomic E-state index is -0.115. The number of carbonyl (C=O) groups is 1. The number of nitrogens with zero attached hydrogens (tertiary/aromatic N) is 3. The Labute approximate surface area is 117 Å². The summed E-state index contributed by atoms with van der Waals surface area (Å²) in [6, 6.07) is 7.18. The van der Waals surface area contributed by atoms with Gasteiger partial charge in [-0.3, -0.25) is 9.48 Å². The molecule has 2 aromatic rings. The summed E-state index contributed by atoms with van der Waals surface area (Å²) in [4.78, 5) is 14.4. The van der Waals surface area contributed by atoms with E-state index in [1.165, 1.54) is 0 Å². The number of aryl methyl sites for hydroxylation is 3. The molecule has 0 fully saturated rings. The fraction of sp³-hybridized carbons (Fsp3) is 0.333. The highest BCUT2D eigenvalue weighted by atomic mass is 16.3. The summed E-state index contributed by atoms with van der Waals surface area (Å²) in [5.41, 5.74) is 3.01. The number of fused-ring (bicyclic) bond motifs is 1.